The van der Waals surface area contributed by atoms with E-state index in [4.69, 9.17) is 22.1 Å². The van der Waals surface area contributed by atoms with Gasteiger partial charge in [-0.1, -0.05) is 25.4 Å². The lowest BCUT2D eigenvalue weighted by Crippen LogP contribution is -2.19. The molecule has 1 aromatic rings. The maximum atomic E-state index is 11.6. The molecule has 0 atom stereocenters. The minimum atomic E-state index is -0.217. The van der Waals surface area contributed by atoms with Gasteiger partial charge in [0.1, 0.15) is 6.61 Å². The number of carbonyl (C=O) groups is 1. The largest absolute Gasteiger partial charge is 0.399 e. The van der Waals surface area contributed by atoms with Gasteiger partial charge in [-0.3, -0.25) is 4.79 Å². The lowest BCUT2D eigenvalue weighted by molar-refractivity contribution is -0.120. The van der Waals surface area contributed by atoms with Crippen molar-refractivity contribution in [3.8, 4) is 0 Å². The van der Waals surface area contributed by atoms with Crippen LogP contribution in [0, 0.1) is 5.92 Å². The third-order valence-corrected chi connectivity index (χ3v) is 2.65. The number of hydrogen-bond donors (Lipinski definition) is 2. The molecule has 0 saturated heterocycles. The monoisotopic (exact) mass is 270 g/mol. The summed E-state index contributed by atoms with van der Waals surface area (Å²) >= 11 is 5.94. The van der Waals surface area contributed by atoms with Crippen molar-refractivity contribution in [2.75, 3.05) is 24.3 Å². The molecule has 4 nitrogen and oxygen atoms in total. The molecule has 0 aliphatic carbocycles. The Kier molecular flexibility index (Phi) is 5.95. The van der Waals surface area contributed by atoms with Gasteiger partial charge >= 0.3 is 0 Å². The number of nitrogen functional groups attached to an aromatic ring is 1. The summed E-state index contributed by atoms with van der Waals surface area (Å²) in [6, 6.07) is 4.95. The minimum absolute atomic E-state index is 0.0351. The molecule has 100 valence electrons. The van der Waals surface area contributed by atoms with Crippen molar-refractivity contribution in [3.05, 3.63) is 23.2 Å². The molecule has 0 heterocycles. The Balaban J connectivity index is 2.35. The maximum absolute atomic E-state index is 11.6. The topological polar surface area (TPSA) is 64.3 Å². The summed E-state index contributed by atoms with van der Waals surface area (Å²) in [5.41, 5.74) is 6.67. The third kappa shape index (κ3) is 5.38. The van der Waals surface area contributed by atoms with E-state index in [0.717, 1.165) is 6.42 Å². The van der Waals surface area contributed by atoms with Gasteiger partial charge in [0.05, 0.1) is 10.7 Å². The predicted molar refractivity (Wildman–Crippen MR) is 74.8 cm³/mol. The molecule has 5 heteroatoms. The molecule has 1 rings (SSSR count). The van der Waals surface area contributed by atoms with E-state index in [0.29, 0.717) is 28.9 Å². The number of nitrogens with one attached hydrogen (secondary N) is 1. The second kappa shape index (κ2) is 7.24. The highest BCUT2D eigenvalue weighted by molar-refractivity contribution is 6.34. The quantitative estimate of drug-likeness (QED) is 0.617. The van der Waals surface area contributed by atoms with Crippen molar-refractivity contribution in [2.24, 2.45) is 5.92 Å². The van der Waals surface area contributed by atoms with Gasteiger partial charge in [0.25, 0.3) is 0 Å². The number of anilines is 2. The summed E-state index contributed by atoms with van der Waals surface area (Å²) in [7, 11) is 0. The first-order valence-corrected chi connectivity index (χ1v) is 6.29. The number of hydrogen-bond acceptors (Lipinski definition) is 3. The van der Waals surface area contributed by atoms with Crippen LogP contribution in [-0.4, -0.2) is 19.1 Å². The average Bonchev–Trinajstić information content (AvgIpc) is 2.28. The van der Waals surface area contributed by atoms with Crippen LogP contribution in [0.5, 0.6) is 0 Å². The van der Waals surface area contributed by atoms with Crippen LogP contribution in [0.15, 0.2) is 18.2 Å². The molecule has 0 radical (unpaired) electrons. The van der Waals surface area contributed by atoms with E-state index in [1.165, 1.54) is 0 Å². The number of rotatable bonds is 6. The second-order valence-electron chi connectivity index (χ2n) is 4.52. The van der Waals surface area contributed by atoms with E-state index in [1.807, 2.05) is 0 Å². The molecule has 1 amide bonds. The van der Waals surface area contributed by atoms with Crippen molar-refractivity contribution in [2.45, 2.75) is 20.3 Å². The number of carbonyl (C=O) groups excluding carboxylic acids is 1. The number of halogens is 1. The smallest absolute Gasteiger partial charge is 0.250 e. The minimum Gasteiger partial charge on any atom is -0.399 e. The van der Waals surface area contributed by atoms with Gasteiger partial charge in [0, 0.05) is 12.3 Å². The summed E-state index contributed by atoms with van der Waals surface area (Å²) < 4.78 is 5.26. The van der Waals surface area contributed by atoms with Gasteiger partial charge < -0.3 is 15.8 Å². The zero-order valence-electron chi connectivity index (χ0n) is 10.7. The molecule has 0 aliphatic heterocycles. The van der Waals surface area contributed by atoms with Crippen molar-refractivity contribution in [3.63, 3.8) is 0 Å². The molecule has 0 saturated carbocycles. The molecular formula is C13H19ClN2O2. The lowest BCUT2D eigenvalue weighted by Gasteiger charge is -2.09. The SMILES string of the molecule is CC(C)CCOCC(=O)Nc1ccc(N)cc1Cl. The first-order valence-electron chi connectivity index (χ1n) is 5.91. The van der Waals surface area contributed by atoms with Crippen LogP contribution >= 0.6 is 11.6 Å². The normalized spacial score (nSPS) is 10.7. The Hall–Kier alpha value is -1.26. The van der Waals surface area contributed by atoms with Gasteiger partial charge in [-0.15, -0.1) is 0 Å². The summed E-state index contributed by atoms with van der Waals surface area (Å²) in [6.07, 6.45) is 0.940. The zero-order valence-corrected chi connectivity index (χ0v) is 11.5. The van der Waals surface area contributed by atoms with Crippen LogP contribution in [0.3, 0.4) is 0 Å². The molecular weight excluding hydrogens is 252 g/mol. The Labute approximate surface area is 112 Å². The predicted octanol–water partition coefficient (Wildman–Crippen LogP) is 2.92. The Morgan fingerprint density at radius 1 is 1.50 bits per heavy atom. The van der Waals surface area contributed by atoms with Gasteiger partial charge in [-0.2, -0.15) is 0 Å². The molecule has 3 N–H and O–H groups in total. The van der Waals surface area contributed by atoms with E-state index < -0.39 is 0 Å². The van der Waals surface area contributed by atoms with Crippen LogP contribution in [0.2, 0.25) is 5.02 Å². The number of amides is 1. The highest BCUT2D eigenvalue weighted by atomic mass is 35.5. The fourth-order valence-corrected chi connectivity index (χ4v) is 1.54. The Bertz CT molecular complexity index is 408. The molecule has 0 fully saturated rings. The molecule has 0 bridgehead atoms. The fraction of sp³-hybridized carbons (Fsp3) is 0.462. The van der Waals surface area contributed by atoms with Crippen molar-refractivity contribution >= 4 is 28.9 Å². The summed E-state index contributed by atoms with van der Waals surface area (Å²) in [6.45, 7) is 4.84. The first kappa shape index (κ1) is 14.8. The number of nitrogens with two attached hydrogens (primary N) is 1. The van der Waals surface area contributed by atoms with Gasteiger partial charge in [0.15, 0.2) is 0 Å². The summed E-state index contributed by atoms with van der Waals surface area (Å²) in [5.74, 6) is 0.352. The standard InChI is InChI=1S/C13H19ClN2O2/c1-9(2)5-6-18-8-13(17)16-12-4-3-10(15)7-11(12)14/h3-4,7,9H,5-6,8,15H2,1-2H3,(H,16,17). The van der Waals surface area contributed by atoms with Crippen LogP contribution < -0.4 is 11.1 Å². The van der Waals surface area contributed by atoms with E-state index in [9.17, 15) is 4.79 Å². The Morgan fingerprint density at radius 2 is 2.22 bits per heavy atom. The Morgan fingerprint density at radius 3 is 2.83 bits per heavy atom. The molecule has 1 aromatic carbocycles. The molecule has 0 aromatic heterocycles. The second-order valence-corrected chi connectivity index (χ2v) is 4.93. The third-order valence-electron chi connectivity index (χ3n) is 2.34. The van der Waals surface area contributed by atoms with Crippen molar-refractivity contribution in [1.29, 1.82) is 0 Å². The van der Waals surface area contributed by atoms with Crippen molar-refractivity contribution < 1.29 is 9.53 Å². The van der Waals surface area contributed by atoms with Crippen LogP contribution in [0.25, 0.3) is 0 Å². The van der Waals surface area contributed by atoms with Gasteiger partial charge in [0.2, 0.25) is 5.91 Å². The van der Waals surface area contributed by atoms with Crippen LogP contribution in [0.1, 0.15) is 20.3 Å². The molecule has 18 heavy (non-hydrogen) atoms. The molecule has 0 aliphatic rings. The fourth-order valence-electron chi connectivity index (χ4n) is 1.30. The van der Waals surface area contributed by atoms with E-state index in [2.05, 4.69) is 19.2 Å². The highest BCUT2D eigenvalue weighted by Gasteiger charge is 2.06. The van der Waals surface area contributed by atoms with E-state index >= 15 is 0 Å². The van der Waals surface area contributed by atoms with Gasteiger partial charge in [-0.25, -0.2) is 0 Å². The zero-order chi connectivity index (χ0) is 13.5. The van der Waals surface area contributed by atoms with Crippen LogP contribution in [-0.2, 0) is 9.53 Å². The lowest BCUT2D eigenvalue weighted by atomic mass is 10.1. The summed E-state index contributed by atoms with van der Waals surface area (Å²) in [4.78, 5) is 11.6. The highest BCUT2D eigenvalue weighted by Crippen LogP contribution is 2.23. The summed E-state index contributed by atoms with van der Waals surface area (Å²) in [5, 5.41) is 3.10. The van der Waals surface area contributed by atoms with Crippen molar-refractivity contribution in [1.82, 2.24) is 0 Å². The van der Waals surface area contributed by atoms with Gasteiger partial charge in [-0.05, 0) is 30.5 Å². The van der Waals surface area contributed by atoms with E-state index in [1.54, 1.807) is 18.2 Å². The molecule has 0 unspecified atom stereocenters. The number of benzene rings is 1. The maximum Gasteiger partial charge on any atom is 0.250 e. The molecule has 0 spiro atoms. The average molecular weight is 271 g/mol. The van der Waals surface area contributed by atoms with Crippen LogP contribution in [0.4, 0.5) is 11.4 Å². The number of ether oxygens (including phenoxy) is 1. The first-order chi connectivity index (χ1) is 8.49. The van der Waals surface area contributed by atoms with E-state index in [-0.39, 0.29) is 12.5 Å².